The lowest BCUT2D eigenvalue weighted by Gasteiger charge is -2.27. The van der Waals surface area contributed by atoms with E-state index in [4.69, 9.17) is 13.9 Å². The van der Waals surface area contributed by atoms with Gasteiger partial charge < -0.3 is 13.9 Å². The van der Waals surface area contributed by atoms with Gasteiger partial charge in [0, 0.05) is 0 Å². The van der Waals surface area contributed by atoms with E-state index in [0.717, 1.165) is 25.7 Å². The van der Waals surface area contributed by atoms with E-state index in [1.165, 1.54) is 0 Å². The molecule has 0 aromatic heterocycles. The van der Waals surface area contributed by atoms with E-state index in [1.807, 2.05) is 0 Å². The summed E-state index contributed by atoms with van der Waals surface area (Å²) in [6, 6.07) is 0. The fourth-order valence-corrected chi connectivity index (χ4v) is 2.23. The minimum Gasteiger partial charge on any atom is -0.544 e. The van der Waals surface area contributed by atoms with Crippen molar-refractivity contribution in [3.8, 4) is 0 Å². The standard InChI is InChI=1S/C14H30O3Si/c1-7-9-11-15-14(16-12-10-8-2)13(3)17-18(4,5)6/h14H,3,7-12H2,1-2,4-6H3. The maximum Gasteiger partial charge on any atom is 0.241 e. The second-order valence-electron chi connectivity index (χ2n) is 5.46. The van der Waals surface area contributed by atoms with Gasteiger partial charge >= 0.3 is 0 Å². The minimum absolute atomic E-state index is 0.408. The second kappa shape index (κ2) is 9.59. The van der Waals surface area contributed by atoms with Gasteiger partial charge in [-0.15, -0.1) is 0 Å². The SMILES string of the molecule is C=C(O[Si](C)(C)C)C(OCCCC)OCCCC. The first-order valence-electron chi connectivity index (χ1n) is 7.01. The highest BCUT2D eigenvalue weighted by atomic mass is 28.4. The molecule has 108 valence electrons. The van der Waals surface area contributed by atoms with Crippen molar-refractivity contribution in [1.82, 2.24) is 0 Å². The first kappa shape index (κ1) is 17.7. The molecule has 0 aliphatic carbocycles. The van der Waals surface area contributed by atoms with E-state index in [-0.39, 0.29) is 0 Å². The average molecular weight is 274 g/mol. The molecule has 4 heteroatoms. The van der Waals surface area contributed by atoms with Crippen LogP contribution < -0.4 is 0 Å². The first-order chi connectivity index (χ1) is 8.40. The minimum atomic E-state index is -1.64. The molecule has 0 aromatic rings. The summed E-state index contributed by atoms with van der Waals surface area (Å²) in [5.74, 6) is 0.626. The van der Waals surface area contributed by atoms with Crippen molar-refractivity contribution in [2.24, 2.45) is 0 Å². The first-order valence-corrected chi connectivity index (χ1v) is 10.4. The van der Waals surface area contributed by atoms with Crippen molar-refractivity contribution in [2.45, 2.75) is 65.5 Å². The molecule has 0 fully saturated rings. The van der Waals surface area contributed by atoms with Crippen molar-refractivity contribution < 1.29 is 13.9 Å². The van der Waals surface area contributed by atoms with Crippen LogP contribution in [0.2, 0.25) is 19.6 Å². The summed E-state index contributed by atoms with van der Waals surface area (Å²) in [5, 5.41) is 0. The quantitative estimate of drug-likeness (QED) is 0.243. The highest BCUT2D eigenvalue weighted by Crippen LogP contribution is 2.16. The average Bonchev–Trinajstić information content (AvgIpc) is 2.25. The molecular formula is C14H30O3Si. The van der Waals surface area contributed by atoms with Crippen molar-refractivity contribution >= 4 is 8.32 Å². The Kier molecular flexibility index (Phi) is 9.41. The van der Waals surface area contributed by atoms with Gasteiger partial charge in [0.2, 0.25) is 14.6 Å². The Morgan fingerprint density at radius 1 is 1.00 bits per heavy atom. The lowest BCUT2D eigenvalue weighted by atomic mass is 10.3. The molecule has 0 spiro atoms. The molecule has 0 aromatic carbocycles. The fraction of sp³-hybridized carbons (Fsp3) is 0.857. The number of hydrogen-bond acceptors (Lipinski definition) is 3. The molecule has 0 rings (SSSR count). The summed E-state index contributed by atoms with van der Waals surface area (Å²) in [7, 11) is -1.64. The highest BCUT2D eigenvalue weighted by molar-refractivity contribution is 6.70. The monoisotopic (exact) mass is 274 g/mol. The number of rotatable bonds is 11. The lowest BCUT2D eigenvalue weighted by molar-refractivity contribution is -0.135. The van der Waals surface area contributed by atoms with Gasteiger partial charge in [0.1, 0.15) is 5.76 Å². The molecule has 0 aliphatic heterocycles. The molecule has 0 saturated heterocycles. The smallest absolute Gasteiger partial charge is 0.241 e. The molecule has 0 aliphatic rings. The third-order valence-electron chi connectivity index (χ3n) is 2.23. The van der Waals surface area contributed by atoms with Crippen molar-refractivity contribution in [3.63, 3.8) is 0 Å². The zero-order chi connectivity index (χ0) is 14.0. The third kappa shape index (κ3) is 9.68. The molecular weight excluding hydrogens is 244 g/mol. The molecule has 0 N–H and O–H groups in total. The Balaban J connectivity index is 4.20. The normalized spacial score (nSPS) is 11.9. The summed E-state index contributed by atoms with van der Waals surface area (Å²) in [5.41, 5.74) is 0. The Labute approximate surface area is 114 Å². The summed E-state index contributed by atoms with van der Waals surface area (Å²) in [4.78, 5) is 0. The molecule has 0 atom stereocenters. The number of unbranched alkanes of at least 4 members (excludes halogenated alkanes) is 2. The summed E-state index contributed by atoms with van der Waals surface area (Å²) < 4.78 is 17.3. The molecule has 0 heterocycles. The molecule has 3 nitrogen and oxygen atoms in total. The summed E-state index contributed by atoms with van der Waals surface area (Å²) in [6.07, 6.45) is 3.89. The highest BCUT2D eigenvalue weighted by Gasteiger charge is 2.22. The van der Waals surface area contributed by atoms with Gasteiger partial charge in [-0.25, -0.2) is 0 Å². The zero-order valence-corrected chi connectivity index (χ0v) is 13.8. The van der Waals surface area contributed by atoms with Crippen LogP contribution in [0.4, 0.5) is 0 Å². The van der Waals surface area contributed by atoms with E-state index >= 15 is 0 Å². The lowest BCUT2D eigenvalue weighted by Crippen LogP contribution is -2.31. The Morgan fingerprint density at radius 3 is 1.78 bits per heavy atom. The van der Waals surface area contributed by atoms with Gasteiger partial charge in [0.05, 0.1) is 13.2 Å². The van der Waals surface area contributed by atoms with Crippen LogP contribution in [0.25, 0.3) is 0 Å². The van der Waals surface area contributed by atoms with E-state index in [0.29, 0.717) is 19.0 Å². The van der Waals surface area contributed by atoms with Crippen molar-refractivity contribution in [3.05, 3.63) is 12.3 Å². The van der Waals surface area contributed by atoms with Gasteiger partial charge in [0.15, 0.2) is 0 Å². The van der Waals surface area contributed by atoms with E-state index < -0.39 is 14.6 Å². The van der Waals surface area contributed by atoms with Crippen LogP contribution in [0.15, 0.2) is 12.3 Å². The van der Waals surface area contributed by atoms with Gasteiger partial charge in [-0.3, -0.25) is 0 Å². The van der Waals surface area contributed by atoms with Gasteiger partial charge in [0.25, 0.3) is 0 Å². The summed E-state index contributed by atoms with van der Waals surface area (Å²) in [6.45, 7) is 16.0. The van der Waals surface area contributed by atoms with Gasteiger partial charge in [-0.2, -0.15) is 0 Å². The van der Waals surface area contributed by atoms with E-state index in [9.17, 15) is 0 Å². The van der Waals surface area contributed by atoms with Gasteiger partial charge in [-0.05, 0) is 32.5 Å². The summed E-state index contributed by atoms with van der Waals surface area (Å²) >= 11 is 0. The molecule has 0 saturated carbocycles. The Morgan fingerprint density at radius 2 is 1.44 bits per heavy atom. The fourth-order valence-electron chi connectivity index (χ4n) is 1.34. The van der Waals surface area contributed by atoms with Crippen LogP contribution in [0.1, 0.15) is 39.5 Å². The van der Waals surface area contributed by atoms with Crippen molar-refractivity contribution in [1.29, 1.82) is 0 Å². The van der Waals surface area contributed by atoms with Crippen LogP contribution >= 0.6 is 0 Å². The Hall–Kier alpha value is -0.323. The number of ether oxygens (including phenoxy) is 2. The zero-order valence-electron chi connectivity index (χ0n) is 12.8. The van der Waals surface area contributed by atoms with Crippen LogP contribution in [-0.4, -0.2) is 27.8 Å². The second-order valence-corrected chi connectivity index (χ2v) is 9.89. The largest absolute Gasteiger partial charge is 0.544 e. The number of hydrogen-bond donors (Lipinski definition) is 0. The molecule has 18 heavy (non-hydrogen) atoms. The molecule has 0 radical (unpaired) electrons. The maximum absolute atomic E-state index is 5.86. The van der Waals surface area contributed by atoms with Crippen LogP contribution in [-0.2, 0) is 13.9 Å². The van der Waals surface area contributed by atoms with E-state index in [1.54, 1.807) is 0 Å². The van der Waals surface area contributed by atoms with Gasteiger partial charge in [-0.1, -0.05) is 33.3 Å². The van der Waals surface area contributed by atoms with Crippen LogP contribution in [0.3, 0.4) is 0 Å². The van der Waals surface area contributed by atoms with Crippen LogP contribution in [0.5, 0.6) is 0 Å². The third-order valence-corrected chi connectivity index (χ3v) is 3.11. The Bertz CT molecular complexity index is 214. The predicted octanol–water partition coefficient (Wildman–Crippen LogP) is 4.31. The molecule has 0 amide bonds. The molecule has 0 bridgehead atoms. The van der Waals surface area contributed by atoms with E-state index in [2.05, 4.69) is 40.1 Å². The van der Waals surface area contributed by atoms with Crippen LogP contribution in [0, 0.1) is 0 Å². The predicted molar refractivity (Wildman–Crippen MR) is 79.1 cm³/mol. The molecule has 0 unspecified atom stereocenters. The topological polar surface area (TPSA) is 27.7 Å². The maximum atomic E-state index is 5.86. The van der Waals surface area contributed by atoms with Crippen molar-refractivity contribution in [2.75, 3.05) is 13.2 Å².